The summed E-state index contributed by atoms with van der Waals surface area (Å²) in [6.07, 6.45) is 6.66. The Hall–Kier alpha value is -1.66. The van der Waals surface area contributed by atoms with Gasteiger partial charge in [0.1, 0.15) is 0 Å². The summed E-state index contributed by atoms with van der Waals surface area (Å²) in [5, 5.41) is 11.5. The number of hydrogen-bond acceptors (Lipinski definition) is 4. The van der Waals surface area contributed by atoms with Crippen LogP contribution in [0, 0.1) is 0 Å². The minimum Gasteiger partial charge on any atom is -0.478 e. The van der Waals surface area contributed by atoms with Crippen LogP contribution in [0.3, 0.4) is 0 Å². The van der Waals surface area contributed by atoms with Crippen LogP contribution >= 0.6 is 0 Å². The third kappa shape index (κ3) is 6.49. The highest BCUT2D eigenvalue weighted by Gasteiger charge is 2.18. The van der Waals surface area contributed by atoms with Gasteiger partial charge in [-0.1, -0.05) is 13.0 Å². The Morgan fingerprint density at radius 3 is 3.00 bits per heavy atom. The van der Waals surface area contributed by atoms with E-state index in [2.05, 4.69) is 22.3 Å². The number of hydrogen-bond donors (Lipinski definition) is 2. The van der Waals surface area contributed by atoms with Crippen LogP contribution in [0.25, 0.3) is 0 Å². The summed E-state index contributed by atoms with van der Waals surface area (Å²) in [6.45, 7) is 5.16. The topological polar surface area (TPSA) is 74.2 Å². The van der Waals surface area contributed by atoms with Crippen molar-refractivity contribution in [3.05, 3.63) is 24.4 Å². The van der Waals surface area contributed by atoms with Crippen LogP contribution in [-0.2, 0) is 9.53 Å². The molecule has 1 saturated heterocycles. The summed E-state index contributed by atoms with van der Waals surface area (Å²) in [4.78, 5) is 17.1. The van der Waals surface area contributed by atoms with E-state index < -0.39 is 5.97 Å². The number of nitrogens with one attached hydrogen (secondary N) is 1. The molecule has 0 radical (unpaired) electrons. The quantitative estimate of drug-likeness (QED) is 0.327. The summed E-state index contributed by atoms with van der Waals surface area (Å²) in [5.74, 6) is -0.0803. The Labute approximate surface area is 119 Å². The number of amidine groups is 1. The van der Waals surface area contributed by atoms with Crippen LogP contribution in [0.15, 0.2) is 29.4 Å². The molecule has 0 aromatic rings. The number of carbonyl (C=O) groups is 1. The van der Waals surface area contributed by atoms with Crippen molar-refractivity contribution in [2.45, 2.75) is 19.4 Å². The summed E-state index contributed by atoms with van der Waals surface area (Å²) >= 11 is 0. The van der Waals surface area contributed by atoms with Crippen LogP contribution in [-0.4, -0.2) is 61.2 Å². The molecule has 20 heavy (non-hydrogen) atoms. The summed E-state index contributed by atoms with van der Waals surface area (Å²) in [7, 11) is 2.08. The predicted molar refractivity (Wildman–Crippen MR) is 78.9 cm³/mol. The van der Waals surface area contributed by atoms with Crippen LogP contribution in [0.4, 0.5) is 0 Å². The molecule has 0 saturated carbocycles. The fourth-order valence-corrected chi connectivity index (χ4v) is 1.74. The fourth-order valence-electron chi connectivity index (χ4n) is 1.74. The molecule has 2 N–H and O–H groups in total. The average Bonchev–Trinajstić information content (AvgIpc) is 2.43. The van der Waals surface area contributed by atoms with Gasteiger partial charge in [0.05, 0.1) is 31.6 Å². The number of carboxylic acids is 1. The molecule has 0 aromatic heterocycles. The van der Waals surface area contributed by atoms with E-state index in [9.17, 15) is 4.79 Å². The number of aliphatic carboxylic acids is 1. The highest BCUT2D eigenvalue weighted by atomic mass is 16.5. The van der Waals surface area contributed by atoms with E-state index in [-0.39, 0.29) is 0 Å². The van der Waals surface area contributed by atoms with Crippen molar-refractivity contribution in [1.29, 1.82) is 0 Å². The second-order valence-electron chi connectivity index (χ2n) is 4.55. The van der Waals surface area contributed by atoms with E-state index in [4.69, 9.17) is 9.84 Å². The van der Waals surface area contributed by atoms with E-state index in [1.54, 1.807) is 12.3 Å². The maximum absolute atomic E-state index is 10.3. The third-order valence-corrected chi connectivity index (χ3v) is 3.05. The Bertz CT molecular complexity index is 391. The van der Waals surface area contributed by atoms with Crippen molar-refractivity contribution in [1.82, 2.24) is 10.2 Å². The molecule has 0 spiro atoms. The molecule has 6 nitrogen and oxygen atoms in total. The second kappa shape index (κ2) is 9.28. The van der Waals surface area contributed by atoms with E-state index in [1.165, 1.54) is 6.08 Å². The molecule has 112 valence electrons. The largest absolute Gasteiger partial charge is 0.478 e. The first-order valence-corrected chi connectivity index (χ1v) is 6.77. The minimum absolute atomic E-state index is 0.322. The first-order valence-electron chi connectivity index (χ1n) is 6.77. The molecule has 1 heterocycles. The highest BCUT2D eigenvalue weighted by molar-refractivity contribution is 5.83. The number of morpholine rings is 1. The molecule has 0 bridgehead atoms. The van der Waals surface area contributed by atoms with Crippen molar-refractivity contribution in [3.8, 4) is 0 Å². The van der Waals surface area contributed by atoms with Crippen LogP contribution < -0.4 is 5.32 Å². The summed E-state index contributed by atoms with van der Waals surface area (Å²) in [5.41, 5.74) is 0. The summed E-state index contributed by atoms with van der Waals surface area (Å²) < 4.78 is 5.44. The van der Waals surface area contributed by atoms with E-state index in [0.29, 0.717) is 19.2 Å². The lowest BCUT2D eigenvalue weighted by molar-refractivity contribution is -0.131. The average molecular weight is 281 g/mol. The first kappa shape index (κ1) is 16.4. The molecular formula is C14H23N3O3. The van der Waals surface area contributed by atoms with Crippen molar-refractivity contribution in [2.75, 3.05) is 33.4 Å². The standard InChI is InChI=1S/C14H23N3O3/c1-3-13(15-7-5-4-6-14(18)19)16-10-12-11-20-9-8-17(12)2/h4-7,12H,3,8-11H2,1-2H3,(H,15,16)(H,18,19)/b6-4+,7-5+. The molecule has 1 aliphatic heterocycles. The Balaban J connectivity index is 2.40. The molecule has 0 amide bonds. The van der Waals surface area contributed by atoms with E-state index in [1.807, 2.05) is 6.92 Å². The lowest BCUT2D eigenvalue weighted by Gasteiger charge is -2.31. The number of rotatable bonds is 6. The zero-order chi connectivity index (χ0) is 14.8. The molecule has 1 atom stereocenters. The number of carboxylic acid groups (broad SMARTS) is 1. The molecule has 6 heteroatoms. The number of nitrogens with zero attached hydrogens (tertiary/aromatic N) is 2. The van der Waals surface area contributed by atoms with Gasteiger partial charge < -0.3 is 15.2 Å². The van der Waals surface area contributed by atoms with Crippen molar-refractivity contribution >= 4 is 11.8 Å². The van der Waals surface area contributed by atoms with E-state index in [0.717, 1.165) is 31.5 Å². The van der Waals surface area contributed by atoms with Gasteiger partial charge in [-0.25, -0.2) is 4.79 Å². The van der Waals surface area contributed by atoms with Gasteiger partial charge in [-0.05, 0) is 13.1 Å². The second-order valence-corrected chi connectivity index (χ2v) is 4.55. The van der Waals surface area contributed by atoms with Gasteiger partial charge in [-0.2, -0.15) is 0 Å². The van der Waals surface area contributed by atoms with Crippen molar-refractivity contribution in [2.24, 2.45) is 4.99 Å². The fraction of sp³-hybridized carbons (Fsp3) is 0.571. The van der Waals surface area contributed by atoms with Gasteiger partial charge in [-0.3, -0.25) is 9.89 Å². The van der Waals surface area contributed by atoms with Crippen molar-refractivity contribution in [3.63, 3.8) is 0 Å². The Kier molecular flexibility index (Phi) is 7.60. The maximum Gasteiger partial charge on any atom is 0.328 e. The lowest BCUT2D eigenvalue weighted by Crippen LogP contribution is -2.44. The lowest BCUT2D eigenvalue weighted by atomic mass is 10.2. The Morgan fingerprint density at radius 2 is 2.35 bits per heavy atom. The van der Waals surface area contributed by atoms with Crippen LogP contribution in [0.2, 0.25) is 0 Å². The zero-order valence-electron chi connectivity index (χ0n) is 12.1. The SMILES string of the molecule is CCC(=NCC1COCCN1C)N/C=C/C=C/C(=O)O. The first-order chi connectivity index (χ1) is 9.63. The maximum atomic E-state index is 10.3. The van der Waals surface area contributed by atoms with E-state index >= 15 is 0 Å². The molecule has 1 unspecified atom stereocenters. The Morgan fingerprint density at radius 1 is 1.55 bits per heavy atom. The van der Waals surface area contributed by atoms with Gasteiger partial charge in [0.15, 0.2) is 0 Å². The smallest absolute Gasteiger partial charge is 0.328 e. The van der Waals surface area contributed by atoms with Gasteiger partial charge >= 0.3 is 5.97 Å². The number of allylic oxidation sites excluding steroid dienone is 2. The van der Waals surface area contributed by atoms with Gasteiger partial charge in [0.2, 0.25) is 0 Å². The van der Waals surface area contributed by atoms with Crippen molar-refractivity contribution < 1.29 is 14.6 Å². The predicted octanol–water partition coefficient (Wildman–Crippen LogP) is 0.870. The van der Waals surface area contributed by atoms with Gasteiger partial charge in [0, 0.05) is 25.2 Å². The monoisotopic (exact) mass is 281 g/mol. The van der Waals surface area contributed by atoms with Crippen LogP contribution in [0.5, 0.6) is 0 Å². The molecule has 0 aromatic carbocycles. The van der Waals surface area contributed by atoms with Gasteiger partial charge in [0.25, 0.3) is 0 Å². The molecular weight excluding hydrogens is 258 g/mol. The number of likely N-dealkylation sites (N-methyl/N-ethyl adjacent to an activating group) is 1. The molecule has 1 aliphatic rings. The van der Waals surface area contributed by atoms with Crippen LogP contribution in [0.1, 0.15) is 13.3 Å². The zero-order valence-corrected chi connectivity index (χ0v) is 12.1. The molecule has 1 fully saturated rings. The minimum atomic E-state index is -0.959. The normalized spacial score (nSPS) is 21.7. The summed E-state index contributed by atoms with van der Waals surface area (Å²) in [6, 6.07) is 0.322. The van der Waals surface area contributed by atoms with Gasteiger partial charge in [-0.15, -0.1) is 0 Å². The highest BCUT2D eigenvalue weighted by Crippen LogP contribution is 2.04. The number of aliphatic imine (C=N–C) groups is 1. The molecule has 0 aliphatic carbocycles. The third-order valence-electron chi connectivity index (χ3n) is 3.05. The molecule has 1 rings (SSSR count). The number of ether oxygens (including phenoxy) is 1.